The predicted molar refractivity (Wildman–Crippen MR) is 136 cm³/mol. The SMILES string of the molecule is CC(=CCCCCCCCCCCCCCCCCCCCCCCCCO)C(N)=O. The fraction of sp³-hybridized carbons (Fsp3) is 0.893. The average Bonchev–Trinajstić information content (AvgIpc) is 2.76. The number of allylic oxidation sites excluding steroid dienone is 1. The summed E-state index contributed by atoms with van der Waals surface area (Å²) in [5, 5.41) is 8.75. The van der Waals surface area contributed by atoms with Crippen molar-refractivity contribution in [3.63, 3.8) is 0 Å². The Morgan fingerprint density at radius 3 is 1.06 bits per heavy atom. The zero-order valence-electron chi connectivity index (χ0n) is 21.0. The van der Waals surface area contributed by atoms with Gasteiger partial charge < -0.3 is 10.8 Å². The highest BCUT2D eigenvalue weighted by Gasteiger charge is 1.97. The van der Waals surface area contributed by atoms with Crippen LogP contribution in [0.4, 0.5) is 0 Å². The van der Waals surface area contributed by atoms with Crippen LogP contribution in [0.3, 0.4) is 0 Å². The van der Waals surface area contributed by atoms with Crippen LogP contribution in [-0.2, 0) is 4.79 Å². The maximum atomic E-state index is 10.9. The van der Waals surface area contributed by atoms with E-state index in [0.29, 0.717) is 12.2 Å². The third-order valence-electron chi connectivity index (χ3n) is 6.45. The van der Waals surface area contributed by atoms with E-state index in [1.54, 1.807) is 6.92 Å². The number of amides is 1. The molecule has 0 aliphatic rings. The molecule has 0 fully saturated rings. The molecule has 3 nitrogen and oxygen atoms in total. The zero-order valence-corrected chi connectivity index (χ0v) is 21.0. The van der Waals surface area contributed by atoms with E-state index in [4.69, 9.17) is 10.8 Å². The Labute approximate surface area is 194 Å². The summed E-state index contributed by atoms with van der Waals surface area (Å²) in [6, 6.07) is 0. The van der Waals surface area contributed by atoms with Crippen LogP contribution in [0, 0.1) is 0 Å². The molecular weight excluding hydrogens is 382 g/mol. The molecule has 31 heavy (non-hydrogen) atoms. The molecule has 0 rings (SSSR count). The number of unbranched alkanes of at least 4 members (excludes halogenated alkanes) is 22. The molecule has 184 valence electrons. The summed E-state index contributed by atoms with van der Waals surface area (Å²) in [4.78, 5) is 10.9. The van der Waals surface area contributed by atoms with Gasteiger partial charge in [-0.25, -0.2) is 0 Å². The van der Waals surface area contributed by atoms with Gasteiger partial charge in [0, 0.05) is 12.2 Å². The number of aliphatic hydroxyl groups excluding tert-OH is 1. The van der Waals surface area contributed by atoms with Crippen molar-refractivity contribution in [2.24, 2.45) is 5.73 Å². The van der Waals surface area contributed by atoms with E-state index in [0.717, 1.165) is 12.8 Å². The third-order valence-corrected chi connectivity index (χ3v) is 6.45. The number of hydrogen-bond acceptors (Lipinski definition) is 2. The molecule has 1 amide bonds. The van der Waals surface area contributed by atoms with Crippen LogP contribution in [0.1, 0.15) is 155 Å². The lowest BCUT2D eigenvalue weighted by atomic mass is 10.0. The lowest BCUT2D eigenvalue weighted by Gasteiger charge is -2.04. The predicted octanol–water partition coefficient (Wildman–Crippen LogP) is 8.38. The van der Waals surface area contributed by atoms with Crippen molar-refractivity contribution in [3.05, 3.63) is 11.6 Å². The normalized spacial score (nSPS) is 11.9. The van der Waals surface area contributed by atoms with Gasteiger partial charge >= 0.3 is 0 Å². The number of carbonyl (C=O) groups excluding carboxylic acids is 1. The highest BCUT2D eigenvalue weighted by Crippen LogP contribution is 2.15. The van der Waals surface area contributed by atoms with Crippen molar-refractivity contribution in [1.82, 2.24) is 0 Å². The fourth-order valence-corrected chi connectivity index (χ4v) is 4.21. The number of nitrogens with two attached hydrogens (primary N) is 1. The lowest BCUT2D eigenvalue weighted by Crippen LogP contribution is -2.11. The Bertz CT molecular complexity index is 406. The molecule has 0 bridgehead atoms. The van der Waals surface area contributed by atoms with Gasteiger partial charge in [-0.1, -0.05) is 134 Å². The molecule has 3 N–H and O–H groups in total. The van der Waals surface area contributed by atoms with E-state index < -0.39 is 0 Å². The molecule has 0 aromatic heterocycles. The Morgan fingerprint density at radius 1 is 0.548 bits per heavy atom. The maximum Gasteiger partial charge on any atom is 0.244 e. The van der Waals surface area contributed by atoms with Crippen LogP contribution in [0.25, 0.3) is 0 Å². The molecule has 0 aliphatic heterocycles. The minimum Gasteiger partial charge on any atom is -0.396 e. The average molecular weight is 438 g/mol. The Kier molecular flexibility index (Phi) is 24.7. The van der Waals surface area contributed by atoms with Crippen LogP contribution in [0.2, 0.25) is 0 Å². The second-order valence-electron chi connectivity index (χ2n) is 9.54. The molecule has 0 radical (unpaired) electrons. The molecule has 0 saturated carbocycles. The molecule has 0 atom stereocenters. The van der Waals surface area contributed by atoms with E-state index in [9.17, 15) is 4.79 Å². The summed E-state index contributed by atoms with van der Waals surface area (Å²) >= 11 is 0. The lowest BCUT2D eigenvalue weighted by molar-refractivity contribution is -0.114. The summed E-state index contributed by atoms with van der Waals surface area (Å²) < 4.78 is 0. The van der Waals surface area contributed by atoms with E-state index in [1.807, 2.05) is 6.08 Å². The first-order valence-corrected chi connectivity index (χ1v) is 13.8. The fourth-order valence-electron chi connectivity index (χ4n) is 4.21. The second-order valence-corrected chi connectivity index (χ2v) is 9.54. The topological polar surface area (TPSA) is 63.3 Å². The van der Waals surface area contributed by atoms with E-state index in [2.05, 4.69) is 0 Å². The monoisotopic (exact) mass is 437 g/mol. The van der Waals surface area contributed by atoms with Gasteiger partial charge in [-0.2, -0.15) is 0 Å². The zero-order chi connectivity index (χ0) is 22.8. The first-order valence-electron chi connectivity index (χ1n) is 13.8. The molecular formula is C28H55NO2. The van der Waals surface area contributed by atoms with Gasteiger partial charge in [0.2, 0.25) is 5.91 Å². The van der Waals surface area contributed by atoms with Crippen molar-refractivity contribution in [3.8, 4) is 0 Å². The van der Waals surface area contributed by atoms with Gasteiger partial charge in [0.05, 0.1) is 0 Å². The maximum absolute atomic E-state index is 10.9. The van der Waals surface area contributed by atoms with Gasteiger partial charge in [-0.05, 0) is 26.2 Å². The molecule has 0 aromatic rings. The summed E-state index contributed by atoms with van der Waals surface area (Å²) in [6.07, 6.45) is 32.9. The molecule has 0 saturated heterocycles. The van der Waals surface area contributed by atoms with Crippen LogP contribution in [-0.4, -0.2) is 17.6 Å². The van der Waals surface area contributed by atoms with Crippen molar-refractivity contribution in [2.45, 2.75) is 155 Å². The quantitative estimate of drug-likeness (QED) is 0.111. The first kappa shape index (κ1) is 30.2. The smallest absolute Gasteiger partial charge is 0.244 e. The molecule has 0 unspecified atom stereocenters. The summed E-state index contributed by atoms with van der Waals surface area (Å²) in [7, 11) is 0. The van der Waals surface area contributed by atoms with Gasteiger partial charge in [-0.15, -0.1) is 0 Å². The minimum atomic E-state index is -0.288. The van der Waals surface area contributed by atoms with Gasteiger partial charge in [0.15, 0.2) is 0 Å². The highest BCUT2D eigenvalue weighted by molar-refractivity contribution is 5.91. The van der Waals surface area contributed by atoms with E-state index >= 15 is 0 Å². The van der Waals surface area contributed by atoms with Crippen molar-refractivity contribution in [2.75, 3.05) is 6.61 Å². The molecule has 3 heteroatoms. The number of carbonyl (C=O) groups is 1. The van der Waals surface area contributed by atoms with E-state index in [-0.39, 0.29) is 5.91 Å². The van der Waals surface area contributed by atoms with Crippen LogP contribution in [0.15, 0.2) is 11.6 Å². The standard InChI is InChI=1S/C28H55NO2/c1-27(28(29)31)25-23-21-19-17-15-13-11-9-7-5-3-2-4-6-8-10-12-14-16-18-20-22-24-26-30/h25,30H,2-24,26H2,1H3,(H2,29,31). The van der Waals surface area contributed by atoms with Crippen LogP contribution < -0.4 is 5.73 Å². The molecule has 0 heterocycles. The second kappa shape index (κ2) is 25.4. The van der Waals surface area contributed by atoms with Gasteiger partial charge in [-0.3, -0.25) is 4.79 Å². The first-order chi connectivity index (χ1) is 15.2. The van der Waals surface area contributed by atoms with Gasteiger partial charge in [0.1, 0.15) is 0 Å². The Balaban J connectivity index is 3.08. The number of rotatable bonds is 25. The minimum absolute atomic E-state index is 0.288. The van der Waals surface area contributed by atoms with Crippen molar-refractivity contribution < 1.29 is 9.90 Å². The molecule has 0 spiro atoms. The van der Waals surface area contributed by atoms with Crippen molar-refractivity contribution in [1.29, 1.82) is 0 Å². The summed E-state index contributed by atoms with van der Waals surface area (Å²) in [5.74, 6) is -0.288. The Morgan fingerprint density at radius 2 is 0.806 bits per heavy atom. The van der Waals surface area contributed by atoms with Gasteiger partial charge in [0.25, 0.3) is 0 Å². The van der Waals surface area contributed by atoms with Crippen molar-refractivity contribution >= 4 is 5.91 Å². The third kappa shape index (κ3) is 25.3. The summed E-state index contributed by atoms with van der Waals surface area (Å²) in [5.41, 5.74) is 5.92. The Hall–Kier alpha value is -0.830. The number of primary amides is 1. The molecule has 0 aromatic carbocycles. The van der Waals surface area contributed by atoms with E-state index in [1.165, 1.54) is 135 Å². The number of hydrogen-bond donors (Lipinski definition) is 2. The largest absolute Gasteiger partial charge is 0.396 e. The number of aliphatic hydroxyl groups is 1. The highest BCUT2D eigenvalue weighted by atomic mass is 16.2. The molecule has 0 aliphatic carbocycles. The van der Waals surface area contributed by atoms with Crippen LogP contribution >= 0.6 is 0 Å². The summed E-state index contributed by atoms with van der Waals surface area (Å²) in [6.45, 7) is 2.16. The van der Waals surface area contributed by atoms with Crippen LogP contribution in [0.5, 0.6) is 0 Å².